The second kappa shape index (κ2) is 9.63. The van der Waals surface area contributed by atoms with Crippen molar-refractivity contribution in [2.75, 3.05) is 0 Å². The summed E-state index contributed by atoms with van der Waals surface area (Å²) in [4.78, 5) is 4.94. The van der Waals surface area contributed by atoms with Crippen LogP contribution in [-0.4, -0.2) is 4.98 Å². The van der Waals surface area contributed by atoms with Crippen LogP contribution < -0.4 is 10.6 Å². The fourth-order valence-electron chi connectivity index (χ4n) is 3.55. The summed E-state index contributed by atoms with van der Waals surface area (Å²) in [7, 11) is 0. The molecule has 3 rings (SSSR count). The molecule has 146 valence electrons. The maximum Gasteiger partial charge on any atom is 0.0574 e. The van der Waals surface area contributed by atoms with Gasteiger partial charge in [-0.25, -0.2) is 0 Å². The van der Waals surface area contributed by atoms with Gasteiger partial charge in [0.15, 0.2) is 0 Å². The van der Waals surface area contributed by atoms with Crippen molar-refractivity contribution in [3.05, 3.63) is 101 Å². The Balaban J connectivity index is 1.65. The van der Waals surface area contributed by atoms with Gasteiger partial charge < -0.3 is 10.6 Å². The highest BCUT2D eigenvalue weighted by Crippen LogP contribution is 2.21. The van der Waals surface area contributed by atoms with Gasteiger partial charge in [0.1, 0.15) is 0 Å². The van der Waals surface area contributed by atoms with Crippen molar-refractivity contribution in [1.29, 1.82) is 0 Å². The van der Waals surface area contributed by atoms with Gasteiger partial charge in [-0.3, -0.25) is 4.98 Å². The molecule has 2 N–H and O–H groups in total. The second-order valence-corrected chi connectivity index (χ2v) is 7.53. The van der Waals surface area contributed by atoms with E-state index in [0.29, 0.717) is 0 Å². The van der Waals surface area contributed by atoms with Crippen molar-refractivity contribution in [3.8, 4) is 0 Å². The highest BCUT2D eigenvalue weighted by molar-refractivity contribution is 5.22. The number of nitrogens with one attached hydrogen (secondary N) is 2. The lowest BCUT2D eigenvalue weighted by Crippen LogP contribution is -2.25. The molecule has 3 heteroatoms. The van der Waals surface area contributed by atoms with Crippen LogP contribution in [0.5, 0.6) is 0 Å². The van der Waals surface area contributed by atoms with E-state index in [-0.39, 0.29) is 24.2 Å². The maximum atomic E-state index is 4.94. The van der Waals surface area contributed by atoms with Crippen LogP contribution >= 0.6 is 0 Å². The number of pyridine rings is 1. The van der Waals surface area contributed by atoms with Gasteiger partial charge in [-0.05, 0) is 51.0 Å². The molecule has 0 amide bonds. The molecule has 1 aromatic heterocycles. The summed E-state index contributed by atoms with van der Waals surface area (Å²) in [5.74, 6) is 0. The largest absolute Gasteiger partial charge is 0.302 e. The number of aromatic nitrogens is 1. The molecule has 0 saturated carbocycles. The van der Waals surface area contributed by atoms with E-state index in [0.717, 1.165) is 11.4 Å². The van der Waals surface area contributed by atoms with E-state index in [1.54, 1.807) is 0 Å². The van der Waals surface area contributed by atoms with Crippen LogP contribution in [0, 0.1) is 0 Å². The molecule has 2 aromatic carbocycles. The van der Waals surface area contributed by atoms with Gasteiger partial charge in [-0.15, -0.1) is 0 Å². The number of hydrogen-bond donors (Lipinski definition) is 2. The smallest absolute Gasteiger partial charge is 0.0574 e. The van der Waals surface area contributed by atoms with Gasteiger partial charge in [0.05, 0.1) is 11.4 Å². The third kappa shape index (κ3) is 5.28. The van der Waals surface area contributed by atoms with Gasteiger partial charge >= 0.3 is 0 Å². The van der Waals surface area contributed by atoms with Gasteiger partial charge in [-0.1, -0.05) is 66.7 Å². The highest BCUT2D eigenvalue weighted by Gasteiger charge is 2.16. The number of rotatable bonds is 8. The first-order valence-electron chi connectivity index (χ1n) is 10.1. The molecule has 3 nitrogen and oxygen atoms in total. The summed E-state index contributed by atoms with van der Waals surface area (Å²) in [6, 6.07) is 28.3. The number of hydrogen-bond acceptors (Lipinski definition) is 3. The van der Waals surface area contributed by atoms with Crippen molar-refractivity contribution in [3.63, 3.8) is 0 Å². The molecule has 0 unspecified atom stereocenters. The third-order valence-corrected chi connectivity index (χ3v) is 5.28. The van der Waals surface area contributed by atoms with E-state index >= 15 is 0 Å². The Hall–Kier alpha value is -2.49. The molecule has 0 radical (unpaired) electrons. The van der Waals surface area contributed by atoms with Crippen molar-refractivity contribution in [1.82, 2.24) is 15.6 Å². The predicted octanol–water partition coefficient (Wildman–Crippen LogP) is 5.91. The lowest BCUT2D eigenvalue weighted by Gasteiger charge is -2.23. The molecule has 0 fully saturated rings. The summed E-state index contributed by atoms with van der Waals surface area (Å²) < 4.78 is 0. The maximum absolute atomic E-state index is 4.94. The molecular weight excluding hydrogens is 342 g/mol. The molecule has 0 saturated heterocycles. The standard InChI is InChI=1S/C25H31N3/c1-18(22-12-7-5-8-13-22)26-20(3)24-16-11-17-25(28-24)21(4)27-19(2)23-14-9-6-10-15-23/h5-21,26-27H,1-4H3/t18-,19-,20-,21-/m1/s1. The van der Waals surface area contributed by atoms with Gasteiger partial charge in [0.25, 0.3) is 0 Å². The van der Waals surface area contributed by atoms with Crippen LogP contribution in [0.4, 0.5) is 0 Å². The normalized spacial score (nSPS) is 15.6. The monoisotopic (exact) mass is 373 g/mol. The predicted molar refractivity (Wildman–Crippen MR) is 117 cm³/mol. The molecule has 4 atom stereocenters. The molecule has 28 heavy (non-hydrogen) atoms. The highest BCUT2D eigenvalue weighted by atomic mass is 15.0. The van der Waals surface area contributed by atoms with Crippen LogP contribution in [0.3, 0.4) is 0 Å². The molecule has 0 bridgehead atoms. The van der Waals surface area contributed by atoms with Crippen molar-refractivity contribution in [2.45, 2.75) is 51.9 Å². The lowest BCUT2D eigenvalue weighted by atomic mass is 10.1. The first-order valence-corrected chi connectivity index (χ1v) is 10.1. The minimum atomic E-state index is 0.175. The molecule has 0 aliphatic rings. The summed E-state index contributed by atoms with van der Waals surface area (Å²) in [6.45, 7) is 8.75. The Morgan fingerprint density at radius 1 is 0.500 bits per heavy atom. The van der Waals surface area contributed by atoms with E-state index < -0.39 is 0 Å². The first kappa shape index (κ1) is 20.2. The third-order valence-electron chi connectivity index (χ3n) is 5.28. The minimum absolute atomic E-state index is 0.175. The van der Waals surface area contributed by atoms with Crippen molar-refractivity contribution < 1.29 is 0 Å². The van der Waals surface area contributed by atoms with Crippen LogP contribution in [0.25, 0.3) is 0 Å². The summed E-state index contributed by atoms with van der Waals surface area (Å²) in [5, 5.41) is 7.32. The van der Waals surface area contributed by atoms with Gasteiger partial charge in [-0.2, -0.15) is 0 Å². The van der Waals surface area contributed by atoms with Crippen LogP contribution in [0.15, 0.2) is 78.9 Å². The molecule has 1 heterocycles. The van der Waals surface area contributed by atoms with E-state index in [1.807, 2.05) is 0 Å². The van der Waals surface area contributed by atoms with E-state index in [9.17, 15) is 0 Å². The molecule has 0 spiro atoms. The van der Waals surface area contributed by atoms with E-state index in [2.05, 4.69) is 117 Å². The lowest BCUT2D eigenvalue weighted by molar-refractivity contribution is 0.469. The number of benzene rings is 2. The average Bonchev–Trinajstić information content (AvgIpc) is 2.75. The molecule has 0 aliphatic carbocycles. The van der Waals surface area contributed by atoms with Crippen molar-refractivity contribution in [2.24, 2.45) is 0 Å². The SMILES string of the molecule is C[C@@H](N[C@H](C)c1cccc([C@@H](C)N[C@H](C)c2ccccc2)n1)c1ccccc1. The van der Waals surface area contributed by atoms with Crippen LogP contribution in [0.1, 0.15) is 74.4 Å². The molecule has 0 aliphatic heterocycles. The Bertz CT molecular complexity index is 779. The second-order valence-electron chi connectivity index (χ2n) is 7.53. The Morgan fingerprint density at radius 2 is 0.893 bits per heavy atom. The molecular formula is C25H31N3. The summed E-state index contributed by atoms with van der Waals surface area (Å²) in [6.07, 6.45) is 0. The molecule has 3 aromatic rings. The Kier molecular flexibility index (Phi) is 6.96. The minimum Gasteiger partial charge on any atom is -0.302 e. The summed E-state index contributed by atoms with van der Waals surface area (Å²) >= 11 is 0. The van der Waals surface area contributed by atoms with E-state index in [4.69, 9.17) is 4.98 Å². The van der Waals surface area contributed by atoms with Gasteiger partial charge in [0, 0.05) is 24.2 Å². The Labute approximate surface area is 169 Å². The van der Waals surface area contributed by atoms with E-state index in [1.165, 1.54) is 11.1 Å². The fraction of sp³-hybridized carbons (Fsp3) is 0.320. The first-order chi connectivity index (χ1) is 13.5. The zero-order chi connectivity index (χ0) is 19.9. The Morgan fingerprint density at radius 3 is 1.29 bits per heavy atom. The summed E-state index contributed by atoms with van der Waals surface area (Å²) in [5.41, 5.74) is 4.72. The van der Waals surface area contributed by atoms with Crippen molar-refractivity contribution >= 4 is 0 Å². The quantitative estimate of drug-likeness (QED) is 0.516. The van der Waals surface area contributed by atoms with Gasteiger partial charge in [0.2, 0.25) is 0 Å². The average molecular weight is 374 g/mol. The van der Waals surface area contributed by atoms with Crippen LogP contribution in [0.2, 0.25) is 0 Å². The van der Waals surface area contributed by atoms with Crippen LogP contribution in [-0.2, 0) is 0 Å². The zero-order valence-corrected chi connectivity index (χ0v) is 17.3. The zero-order valence-electron chi connectivity index (χ0n) is 17.3. The number of nitrogens with zero attached hydrogens (tertiary/aromatic N) is 1. The topological polar surface area (TPSA) is 37.0 Å². The fourth-order valence-corrected chi connectivity index (χ4v) is 3.55.